The summed E-state index contributed by atoms with van der Waals surface area (Å²) >= 11 is 0. The lowest BCUT2D eigenvalue weighted by molar-refractivity contribution is -0.119. The summed E-state index contributed by atoms with van der Waals surface area (Å²) in [5.41, 5.74) is 2.48. The van der Waals surface area contributed by atoms with E-state index < -0.39 is 10.0 Å². The number of tetrazole rings is 1. The summed E-state index contributed by atoms with van der Waals surface area (Å²) in [5, 5.41) is 17.4. The number of aromatic nitrogens is 4. The lowest BCUT2D eigenvalue weighted by Gasteiger charge is -2.35. The van der Waals surface area contributed by atoms with E-state index in [0.29, 0.717) is 51.6 Å². The molecule has 5 rings (SSSR count). The van der Waals surface area contributed by atoms with Gasteiger partial charge in [0.25, 0.3) is 0 Å². The summed E-state index contributed by atoms with van der Waals surface area (Å²) in [7, 11) is -3.76. The highest BCUT2D eigenvalue weighted by Crippen LogP contribution is 2.30. The molecule has 2 aliphatic heterocycles. The summed E-state index contributed by atoms with van der Waals surface area (Å²) in [4.78, 5) is 19.0. The van der Waals surface area contributed by atoms with Crippen molar-refractivity contribution >= 4 is 27.6 Å². The molecule has 2 N–H and O–H groups in total. The van der Waals surface area contributed by atoms with Gasteiger partial charge in [-0.15, -0.1) is 0 Å². The van der Waals surface area contributed by atoms with Crippen LogP contribution >= 0.6 is 0 Å². The quantitative estimate of drug-likeness (QED) is 0.555. The number of para-hydroxylation sites is 1. The minimum atomic E-state index is -3.76. The molecule has 11 nitrogen and oxygen atoms in total. The van der Waals surface area contributed by atoms with Gasteiger partial charge in [-0.25, -0.2) is 13.6 Å². The average Bonchev–Trinajstić information content (AvgIpc) is 3.47. The van der Waals surface area contributed by atoms with Crippen LogP contribution in [-0.2, 0) is 21.2 Å². The second kappa shape index (κ2) is 8.54. The first-order valence-corrected chi connectivity index (χ1v) is 12.2. The molecule has 3 aromatic rings. The van der Waals surface area contributed by atoms with Crippen LogP contribution in [0.25, 0.3) is 5.69 Å². The first-order chi connectivity index (χ1) is 15.9. The number of hydrogen-bond acceptors (Lipinski definition) is 8. The van der Waals surface area contributed by atoms with Gasteiger partial charge in [0, 0.05) is 38.4 Å². The Bertz CT molecular complexity index is 1270. The maximum Gasteiger partial charge on any atom is 0.250 e. The molecule has 172 valence electrons. The number of benzene rings is 2. The minimum absolute atomic E-state index is 0.000301. The number of amides is 1. The molecule has 1 aromatic heterocycles. The fourth-order valence-electron chi connectivity index (χ4n) is 4.31. The van der Waals surface area contributed by atoms with Crippen molar-refractivity contribution in [2.75, 3.05) is 49.1 Å². The number of carbonyl (C=O) groups excluding carboxylic acids is 1. The third-order valence-corrected chi connectivity index (χ3v) is 6.95. The van der Waals surface area contributed by atoms with E-state index >= 15 is 0 Å². The maximum atomic E-state index is 13.0. The van der Waals surface area contributed by atoms with E-state index in [1.807, 2.05) is 30.3 Å². The van der Waals surface area contributed by atoms with Gasteiger partial charge in [-0.05, 0) is 52.7 Å². The van der Waals surface area contributed by atoms with Crippen LogP contribution in [0.3, 0.4) is 0 Å². The number of nitrogens with two attached hydrogens (primary N) is 1. The van der Waals surface area contributed by atoms with Crippen molar-refractivity contribution in [3.63, 3.8) is 0 Å². The molecule has 0 bridgehead atoms. The predicted molar refractivity (Wildman–Crippen MR) is 122 cm³/mol. The molecule has 0 spiro atoms. The van der Waals surface area contributed by atoms with E-state index in [0.717, 1.165) is 16.9 Å². The number of hydrogen-bond donors (Lipinski definition) is 1. The molecule has 2 aromatic carbocycles. The highest BCUT2D eigenvalue weighted by atomic mass is 32.2. The monoisotopic (exact) mass is 468 g/mol. The van der Waals surface area contributed by atoms with Gasteiger partial charge in [-0.3, -0.25) is 9.69 Å². The standard InChI is InChI=1S/C21H24N8O3S/c22-33(31,32)18-6-7-19-16(14-18)8-9-28(19)20(30)15-26-10-12-27(13-11-26)21-23-24-25-29(21)17-4-2-1-3-5-17/h1-7,14H,8-13,15H2,(H2,22,31,32). The molecule has 0 radical (unpaired) electrons. The first kappa shape index (κ1) is 21.5. The van der Waals surface area contributed by atoms with Crippen molar-refractivity contribution in [3.8, 4) is 5.69 Å². The SMILES string of the molecule is NS(=O)(=O)c1ccc2c(c1)CCN2C(=O)CN1CCN(c2nnnn2-c2ccccc2)CC1. The van der Waals surface area contributed by atoms with Crippen LogP contribution in [0.15, 0.2) is 53.4 Å². The fraction of sp³-hybridized carbons (Fsp3) is 0.333. The third-order valence-electron chi connectivity index (χ3n) is 6.04. The van der Waals surface area contributed by atoms with Crippen molar-refractivity contribution in [1.82, 2.24) is 25.1 Å². The zero-order chi connectivity index (χ0) is 23.0. The molecule has 0 saturated carbocycles. The third kappa shape index (κ3) is 4.32. The van der Waals surface area contributed by atoms with E-state index in [9.17, 15) is 13.2 Å². The van der Waals surface area contributed by atoms with E-state index in [-0.39, 0.29) is 10.8 Å². The van der Waals surface area contributed by atoms with E-state index in [2.05, 4.69) is 25.3 Å². The Labute approximate surface area is 191 Å². The van der Waals surface area contributed by atoms with Gasteiger partial charge in [0.05, 0.1) is 17.1 Å². The molecule has 33 heavy (non-hydrogen) atoms. The van der Waals surface area contributed by atoms with Gasteiger partial charge < -0.3 is 9.80 Å². The average molecular weight is 469 g/mol. The Morgan fingerprint density at radius 3 is 2.48 bits per heavy atom. The number of anilines is 2. The van der Waals surface area contributed by atoms with Crippen molar-refractivity contribution in [1.29, 1.82) is 0 Å². The molecule has 0 unspecified atom stereocenters. The van der Waals surface area contributed by atoms with Crippen LogP contribution in [0.4, 0.5) is 11.6 Å². The topological polar surface area (TPSA) is 131 Å². The summed E-state index contributed by atoms with van der Waals surface area (Å²) in [6, 6.07) is 14.4. The van der Waals surface area contributed by atoms with Gasteiger partial charge in [-0.2, -0.15) is 4.68 Å². The van der Waals surface area contributed by atoms with Gasteiger partial charge >= 0.3 is 0 Å². The van der Waals surface area contributed by atoms with Crippen LogP contribution in [0.5, 0.6) is 0 Å². The van der Waals surface area contributed by atoms with Gasteiger partial charge in [0.15, 0.2) is 0 Å². The zero-order valence-electron chi connectivity index (χ0n) is 17.9. The van der Waals surface area contributed by atoms with Gasteiger partial charge in [0.1, 0.15) is 0 Å². The van der Waals surface area contributed by atoms with Crippen molar-refractivity contribution in [2.24, 2.45) is 5.14 Å². The molecule has 1 fully saturated rings. The Morgan fingerprint density at radius 2 is 1.76 bits per heavy atom. The number of fused-ring (bicyclic) bond motifs is 1. The smallest absolute Gasteiger partial charge is 0.250 e. The van der Waals surface area contributed by atoms with Crippen LogP contribution in [0, 0.1) is 0 Å². The zero-order valence-corrected chi connectivity index (χ0v) is 18.7. The maximum absolute atomic E-state index is 13.0. The van der Waals surface area contributed by atoms with E-state index in [1.54, 1.807) is 21.7 Å². The van der Waals surface area contributed by atoms with Gasteiger partial charge in [-0.1, -0.05) is 23.3 Å². The Balaban J connectivity index is 1.21. The summed E-state index contributed by atoms with van der Waals surface area (Å²) in [6.07, 6.45) is 0.611. The summed E-state index contributed by atoms with van der Waals surface area (Å²) in [6.45, 7) is 3.66. The molecule has 0 atom stereocenters. The van der Waals surface area contributed by atoms with Crippen LogP contribution in [-0.4, -0.2) is 78.7 Å². The number of nitrogens with zero attached hydrogens (tertiary/aromatic N) is 7. The van der Waals surface area contributed by atoms with E-state index in [1.165, 1.54) is 6.07 Å². The fourth-order valence-corrected chi connectivity index (χ4v) is 4.88. The van der Waals surface area contributed by atoms with Crippen molar-refractivity contribution in [2.45, 2.75) is 11.3 Å². The largest absolute Gasteiger partial charge is 0.337 e. The predicted octanol–water partition coefficient (Wildman–Crippen LogP) is 0.0210. The number of piperazine rings is 1. The molecular weight excluding hydrogens is 444 g/mol. The number of rotatable bonds is 5. The Hall–Kier alpha value is -3.35. The van der Waals surface area contributed by atoms with Crippen LogP contribution in [0.2, 0.25) is 0 Å². The van der Waals surface area contributed by atoms with Crippen molar-refractivity contribution in [3.05, 3.63) is 54.1 Å². The Kier molecular flexibility index (Phi) is 5.56. The molecule has 1 saturated heterocycles. The summed E-state index contributed by atoms with van der Waals surface area (Å²) < 4.78 is 24.9. The number of carbonyl (C=O) groups is 1. The second-order valence-corrected chi connectivity index (χ2v) is 9.68. The highest BCUT2D eigenvalue weighted by molar-refractivity contribution is 7.89. The van der Waals surface area contributed by atoms with Gasteiger partial charge in [0.2, 0.25) is 21.9 Å². The lowest BCUT2D eigenvalue weighted by Crippen LogP contribution is -2.50. The lowest BCUT2D eigenvalue weighted by atomic mass is 10.2. The highest BCUT2D eigenvalue weighted by Gasteiger charge is 2.29. The molecule has 2 aliphatic rings. The second-order valence-electron chi connectivity index (χ2n) is 8.12. The Morgan fingerprint density at radius 1 is 1.00 bits per heavy atom. The summed E-state index contributed by atoms with van der Waals surface area (Å²) in [5.74, 6) is 0.686. The number of sulfonamides is 1. The minimum Gasteiger partial charge on any atom is -0.337 e. The molecule has 0 aliphatic carbocycles. The first-order valence-electron chi connectivity index (χ1n) is 10.7. The normalized spacial score (nSPS) is 16.8. The molecular formula is C21H24N8O3S. The molecule has 3 heterocycles. The van der Waals surface area contributed by atoms with E-state index in [4.69, 9.17) is 5.14 Å². The van der Waals surface area contributed by atoms with Crippen molar-refractivity contribution < 1.29 is 13.2 Å². The molecule has 12 heteroatoms. The van der Waals surface area contributed by atoms with Crippen LogP contribution < -0.4 is 14.9 Å². The van der Waals surface area contributed by atoms with Crippen LogP contribution in [0.1, 0.15) is 5.56 Å². The number of primary sulfonamides is 1. The molecule has 1 amide bonds.